The van der Waals surface area contributed by atoms with Crippen molar-refractivity contribution in [3.63, 3.8) is 0 Å². The van der Waals surface area contributed by atoms with Gasteiger partial charge in [-0.1, -0.05) is 73.0 Å². The molecule has 0 aliphatic heterocycles. The van der Waals surface area contributed by atoms with Crippen molar-refractivity contribution >= 4 is 0 Å². The molecule has 0 bridgehead atoms. The van der Waals surface area contributed by atoms with Crippen molar-refractivity contribution in [2.24, 2.45) is 51.8 Å². The predicted molar refractivity (Wildman–Crippen MR) is 133 cm³/mol. The van der Waals surface area contributed by atoms with Crippen molar-refractivity contribution in [1.29, 1.82) is 0 Å². The summed E-state index contributed by atoms with van der Waals surface area (Å²) in [5.74, 6) is 4.97. The van der Waals surface area contributed by atoms with Crippen LogP contribution in [0.5, 0.6) is 0 Å². The third kappa shape index (κ3) is 3.68. The van der Waals surface area contributed by atoms with Gasteiger partial charge in [-0.15, -0.1) is 0 Å². The molecule has 9 atom stereocenters. The van der Waals surface area contributed by atoms with Gasteiger partial charge in [-0.05, 0) is 110 Å². The van der Waals surface area contributed by atoms with Crippen LogP contribution in [0.3, 0.4) is 0 Å². The lowest BCUT2D eigenvalue weighted by Crippen LogP contribution is -2.53. The number of rotatable bonds is 6. The van der Waals surface area contributed by atoms with Gasteiger partial charge in [0.2, 0.25) is 0 Å². The summed E-state index contributed by atoms with van der Waals surface area (Å²) in [5.41, 5.74) is 3.14. The molecule has 0 aromatic heterocycles. The molecule has 0 aromatic rings. The highest BCUT2D eigenvalue weighted by Gasteiger charge is 2.63. The molecule has 3 fully saturated rings. The second-order valence-corrected chi connectivity index (χ2v) is 13.5. The second kappa shape index (κ2) is 8.48. The Labute approximate surface area is 193 Å². The van der Waals surface area contributed by atoms with Crippen LogP contribution in [-0.2, 0) is 0 Å². The largest absolute Gasteiger partial charge is 0.393 e. The summed E-state index contributed by atoms with van der Waals surface area (Å²) < 4.78 is 0. The minimum absolute atomic E-state index is 0.0471. The summed E-state index contributed by atoms with van der Waals surface area (Å²) in [7, 11) is 0. The topological polar surface area (TPSA) is 20.2 Å². The lowest BCUT2D eigenvalue weighted by Gasteiger charge is -2.61. The summed E-state index contributed by atoms with van der Waals surface area (Å²) in [4.78, 5) is 0. The van der Waals surface area contributed by atoms with Gasteiger partial charge in [0.15, 0.2) is 0 Å². The number of aliphatic hydroxyl groups is 1. The molecule has 0 aromatic carbocycles. The van der Waals surface area contributed by atoms with Crippen LogP contribution in [0.15, 0.2) is 11.6 Å². The van der Waals surface area contributed by atoms with Crippen molar-refractivity contribution in [3.8, 4) is 0 Å². The number of hydrogen-bond donors (Lipinski definition) is 1. The van der Waals surface area contributed by atoms with Gasteiger partial charge in [-0.2, -0.15) is 0 Å². The minimum Gasteiger partial charge on any atom is -0.393 e. The average molecular weight is 429 g/mol. The smallest absolute Gasteiger partial charge is 0.0543 e. The van der Waals surface area contributed by atoms with E-state index in [1.807, 2.05) is 5.57 Å². The zero-order valence-electron chi connectivity index (χ0n) is 21.8. The van der Waals surface area contributed by atoms with Crippen molar-refractivity contribution in [1.82, 2.24) is 0 Å². The maximum Gasteiger partial charge on any atom is 0.0543 e. The second-order valence-electron chi connectivity index (χ2n) is 13.5. The fraction of sp³-hybridized carbons (Fsp3) is 0.933. The monoisotopic (exact) mass is 428 g/mol. The van der Waals surface area contributed by atoms with Gasteiger partial charge in [0, 0.05) is 0 Å². The molecule has 0 amide bonds. The van der Waals surface area contributed by atoms with Crippen LogP contribution >= 0.6 is 0 Å². The Morgan fingerprint density at radius 1 is 0.968 bits per heavy atom. The normalized spacial score (nSPS) is 46.7. The van der Waals surface area contributed by atoms with E-state index in [-0.39, 0.29) is 6.10 Å². The van der Waals surface area contributed by atoms with E-state index in [0.29, 0.717) is 22.2 Å². The highest BCUT2D eigenvalue weighted by atomic mass is 16.3. The van der Waals surface area contributed by atoms with Gasteiger partial charge >= 0.3 is 0 Å². The Morgan fingerprint density at radius 2 is 1.71 bits per heavy atom. The Balaban J connectivity index is 1.55. The van der Waals surface area contributed by atoms with Crippen molar-refractivity contribution < 1.29 is 5.11 Å². The SMILES string of the molecule is CC[C@@H](CC[C@@H](C)C1CC[C@@]2(C)C3CC[C@H]4C[C@@H](O)CC[C@]4(C)C3=CC[C@]12C)C(C)C. The first-order valence-electron chi connectivity index (χ1n) is 14.0. The lowest BCUT2D eigenvalue weighted by atomic mass is 9.44. The average Bonchev–Trinajstić information content (AvgIpc) is 3.00. The molecule has 178 valence electrons. The predicted octanol–water partition coefficient (Wildman–Crippen LogP) is 8.41. The van der Waals surface area contributed by atoms with Gasteiger partial charge in [0.05, 0.1) is 6.10 Å². The van der Waals surface area contributed by atoms with Gasteiger partial charge < -0.3 is 5.11 Å². The molecule has 4 aliphatic rings. The summed E-state index contributed by atoms with van der Waals surface area (Å²) in [5, 5.41) is 10.3. The van der Waals surface area contributed by atoms with Crippen LogP contribution < -0.4 is 0 Å². The van der Waals surface area contributed by atoms with Crippen molar-refractivity contribution in [2.75, 3.05) is 0 Å². The molecule has 4 rings (SSSR count). The quantitative estimate of drug-likeness (QED) is 0.421. The van der Waals surface area contributed by atoms with Crippen molar-refractivity contribution in [3.05, 3.63) is 11.6 Å². The van der Waals surface area contributed by atoms with Crippen LogP contribution in [-0.4, -0.2) is 11.2 Å². The summed E-state index contributed by atoms with van der Waals surface area (Å²) in [6.45, 7) is 17.8. The van der Waals surface area contributed by atoms with Gasteiger partial charge in [0.25, 0.3) is 0 Å². The highest BCUT2D eigenvalue weighted by molar-refractivity contribution is 5.31. The molecule has 0 saturated heterocycles. The van der Waals surface area contributed by atoms with Crippen LogP contribution in [0.1, 0.15) is 119 Å². The Bertz CT molecular complexity index is 678. The number of allylic oxidation sites excluding steroid dienone is 2. The fourth-order valence-electron chi connectivity index (χ4n) is 9.51. The van der Waals surface area contributed by atoms with E-state index < -0.39 is 0 Å². The first kappa shape index (κ1) is 23.8. The highest BCUT2D eigenvalue weighted by Crippen LogP contribution is 2.71. The van der Waals surface area contributed by atoms with Crippen LogP contribution in [0.4, 0.5) is 0 Å². The number of fused-ring (bicyclic) bond motifs is 5. The molecular formula is C30H52O. The molecule has 0 heterocycles. The van der Waals surface area contributed by atoms with Crippen LogP contribution in [0.25, 0.3) is 0 Å². The van der Waals surface area contributed by atoms with E-state index in [9.17, 15) is 5.11 Å². The minimum atomic E-state index is -0.0471. The maximum atomic E-state index is 10.3. The molecule has 4 aliphatic carbocycles. The molecule has 2 unspecified atom stereocenters. The van der Waals surface area contributed by atoms with E-state index in [1.54, 1.807) is 0 Å². The molecule has 3 saturated carbocycles. The standard InChI is InChI=1S/C30H52O/c1-8-22(20(2)3)10-9-21(4)25-14-17-30(7)27-12-11-23-19-24(31)13-16-28(23,5)26(27)15-18-29(25,30)6/h15,20-25,27,31H,8-14,16-19H2,1-7H3/t21-,22+,23+,24+,25?,27?,28+,29-,30+/m1/s1. The van der Waals surface area contributed by atoms with Gasteiger partial charge in [-0.25, -0.2) is 0 Å². The van der Waals surface area contributed by atoms with Gasteiger partial charge in [-0.3, -0.25) is 0 Å². The van der Waals surface area contributed by atoms with E-state index in [0.717, 1.165) is 42.4 Å². The molecule has 0 spiro atoms. The third-order valence-corrected chi connectivity index (χ3v) is 12.1. The molecule has 1 N–H and O–H groups in total. The summed E-state index contributed by atoms with van der Waals surface area (Å²) >= 11 is 0. The van der Waals surface area contributed by atoms with Gasteiger partial charge in [0.1, 0.15) is 0 Å². The number of aliphatic hydroxyl groups excluding tert-OH is 1. The zero-order valence-corrected chi connectivity index (χ0v) is 21.8. The van der Waals surface area contributed by atoms with Crippen molar-refractivity contribution in [2.45, 2.75) is 125 Å². The van der Waals surface area contributed by atoms with Crippen LogP contribution in [0.2, 0.25) is 0 Å². The molecular weight excluding hydrogens is 376 g/mol. The van der Waals surface area contributed by atoms with E-state index in [4.69, 9.17) is 0 Å². The first-order valence-corrected chi connectivity index (χ1v) is 14.0. The van der Waals surface area contributed by atoms with E-state index >= 15 is 0 Å². The van der Waals surface area contributed by atoms with E-state index in [1.165, 1.54) is 57.8 Å². The summed E-state index contributed by atoms with van der Waals surface area (Å²) in [6.07, 6.45) is 17.1. The molecule has 1 nitrogen and oxygen atoms in total. The maximum absolute atomic E-state index is 10.3. The third-order valence-electron chi connectivity index (χ3n) is 12.1. The number of hydrogen-bond acceptors (Lipinski definition) is 1. The Kier molecular flexibility index (Phi) is 6.53. The molecule has 31 heavy (non-hydrogen) atoms. The van der Waals surface area contributed by atoms with Crippen LogP contribution in [0, 0.1) is 51.8 Å². The lowest BCUT2D eigenvalue weighted by molar-refractivity contribution is -0.0562. The zero-order chi connectivity index (χ0) is 22.6. The first-order chi connectivity index (χ1) is 14.6. The van der Waals surface area contributed by atoms with E-state index in [2.05, 4.69) is 54.5 Å². The fourth-order valence-corrected chi connectivity index (χ4v) is 9.51. The summed E-state index contributed by atoms with van der Waals surface area (Å²) in [6, 6.07) is 0. The Hall–Kier alpha value is -0.300. The molecule has 0 radical (unpaired) electrons. The molecule has 1 heteroatoms. The Morgan fingerprint density at radius 3 is 2.39 bits per heavy atom.